The van der Waals surface area contributed by atoms with Crippen LogP contribution in [0.5, 0.6) is 0 Å². The van der Waals surface area contributed by atoms with Gasteiger partial charge in [-0.1, -0.05) is 26.0 Å². The van der Waals surface area contributed by atoms with Crippen LogP contribution in [0.15, 0.2) is 34.6 Å². The first-order chi connectivity index (χ1) is 11.1. The monoisotopic (exact) mass is 334 g/mol. The summed E-state index contributed by atoms with van der Waals surface area (Å²) in [6.45, 7) is 5.68. The third kappa shape index (κ3) is 5.63. The fourth-order valence-electron chi connectivity index (χ4n) is 2.03. The third-order valence-electron chi connectivity index (χ3n) is 3.41. The van der Waals surface area contributed by atoms with Gasteiger partial charge in [0.25, 0.3) is 0 Å². The molecule has 124 valence electrons. The molecule has 0 fully saturated rings. The van der Waals surface area contributed by atoms with Crippen molar-refractivity contribution >= 4 is 17.3 Å². The van der Waals surface area contributed by atoms with Crippen LogP contribution in [0, 0.1) is 5.82 Å². The lowest BCUT2D eigenvalue weighted by Crippen LogP contribution is -2.37. The minimum absolute atomic E-state index is 0.205. The second-order valence-electron chi connectivity index (χ2n) is 5.55. The molecule has 23 heavy (non-hydrogen) atoms. The van der Waals surface area contributed by atoms with Crippen LogP contribution in [0.1, 0.15) is 36.0 Å². The number of aliphatic imine (C=N–C) groups is 1. The smallest absolute Gasteiger partial charge is 0.191 e. The van der Waals surface area contributed by atoms with Crippen molar-refractivity contribution in [3.8, 4) is 0 Å². The maximum atomic E-state index is 12.9. The lowest BCUT2D eigenvalue weighted by molar-refractivity contribution is 0.626. The molecule has 0 saturated carbocycles. The first-order valence-electron chi connectivity index (χ1n) is 7.71. The van der Waals surface area contributed by atoms with Crippen LogP contribution in [0.2, 0.25) is 0 Å². The zero-order valence-electron chi connectivity index (χ0n) is 13.8. The zero-order valence-corrected chi connectivity index (χ0v) is 14.6. The summed E-state index contributed by atoms with van der Waals surface area (Å²) in [7, 11) is 1.74. The maximum absolute atomic E-state index is 12.9. The Hall–Kier alpha value is -1.95. The Kier molecular flexibility index (Phi) is 6.52. The van der Waals surface area contributed by atoms with E-state index < -0.39 is 0 Å². The van der Waals surface area contributed by atoms with E-state index in [0.29, 0.717) is 12.5 Å². The molecule has 0 bridgehead atoms. The van der Waals surface area contributed by atoms with E-state index in [0.717, 1.165) is 35.2 Å². The van der Waals surface area contributed by atoms with Crippen LogP contribution in [0.4, 0.5) is 4.39 Å². The van der Waals surface area contributed by atoms with Gasteiger partial charge in [-0.2, -0.15) is 0 Å². The number of guanidine groups is 1. The number of nitrogens with zero attached hydrogens (tertiary/aromatic N) is 2. The minimum Gasteiger partial charge on any atom is -0.356 e. The maximum Gasteiger partial charge on any atom is 0.191 e. The number of benzene rings is 1. The lowest BCUT2D eigenvalue weighted by Gasteiger charge is -2.11. The highest BCUT2D eigenvalue weighted by Crippen LogP contribution is 2.17. The Morgan fingerprint density at radius 1 is 1.26 bits per heavy atom. The van der Waals surface area contributed by atoms with Gasteiger partial charge >= 0.3 is 0 Å². The Labute approximate surface area is 140 Å². The highest BCUT2D eigenvalue weighted by atomic mass is 32.1. The Morgan fingerprint density at radius 2 is 2.00 bits per heavy atom. The minimum atomic E-state index is -0.205. The molecular formula is C17H23FN4S. The molecule has 0 atom stereocenters. The fraction of sp³-hybridized carbons (Fsp3) is 0.412. The summed E-state index contributed by atoms with van der Waals surface area (Å²) < 4.78 is 12.9. The predicted molar refractivity (Wildman–Crippen MR) is 94.5 cm³/mol. The van der Waals surface area contributed by atoms with Crippen molar-refractivity contribution in [2.24, 2.45) is 4.99 Å². The summed E-state index contributed by atoms with van der Waals surface area (Å²) in [5, 5.41) is 9.67. The first kappa shape index (κ1) is 17.4. The van der Waals surface area contributed by atoms with Gasteiger partial charge < -0.3 is 10.6 Å². The van der Waals surface area contributed by atoms with Crippen molar-refractivity contribution in [1.82, 2.24) is 15.6 Å². The highest BCUT2D eigenvalue weighted by molar-refractivity contribution is 7.09. The standard InChI is InChI=1S/C17H23FN4S/c1-12(2)15-11-23-16(22-15)10-21-17(19-3)20-9-8-13-4-6-14(18)7-5-13/h4-7,11-12H,8-10H2,1-3H3,(H2,19,20,21). The SMILES string of the molecule is CN=C(NCCc1ccc(F)cc1)NCc1nc(C(C)C)cs1. The largest absolute Gasteiger partial charge is 0.356 e. The predicted octanol–water partition coefficient (Wildman–Crippen LogP) is 3.31. The van der Waals surface area contributed by atoms with E-state index in [1.807, 2.05) is 0 Å². The highest BCUT2D eigenvalue weighted by Gasteiger charge is 2.06. The van der Waals surface area contributed by atoms with Crippen molar-refractivity contribution < 1.29 is 4.39 Å². The average molecular weight is 334 g/mol. The molecule has 1 heterocycles. The molecular weight excluding hydrogens is 311 g/mol. The molecule has 0 saturated heterocycles. The van der Waals surface area contributed by atoms with Crippen LogP contribution in [-0.4, -0.2) is 24.5 Å². The molecule has 2 aromatic rings. The van der Waals surface area contributed by atoms with Gasteiger partial charge in [0.15, 0.2) is 5.96 Å². The van der Waals surface area contributed by atoms with Crippen LogP contribution in [0.3, 0.4) is 0 Å². The Morgan fingerprint density at radius 3 is 2.61 bits per heavy atom. The Balaban J connectivity index is 1.75. The van der Waals surface area contributed by atoms with Crippen molar-refractivity contribution in [1.29, 1.82) is 0 Å². The number of hydrogen-bond donors (Lipinski definition) is 2. The third-order valence-corrected chi connectivity index (χ3v) is 4.28. The van der Waals surface area contributed by atoms with Gasteiger partial charge in [0.05, 0.1) is 12.2 Å². The quantitative estimate of drug-likeness (QED) is 0.629. The molecule has 0 spiro atoms. The van der Waals surface area contributed by atoms with Crippen LogP contribution in [-0.2, 0) is 13.0 Å². The van der Waals surface area contributed by atoms with E-state index in [1.165, 1.54) is 12.1 Å². The molecule has 0 amide bonds. The van der Waals surface area contributed by atoms with Crippen molar-refractivity contribution in [3.05, 3.63) is 51.7 Å². The topological polar surface area (TPSA) is 49.3 Å². The van der Waals surface area contributed by atoms with Crippen LogP contribution >= 0.6 is 11.3 Å². The van der Waals surface area contributed by atoms with E-state index in [2.05, 4.69) is 39.8 Å². The second-order valence-corrected chi connectivity index (χ2v) is 6.49. The molecule has 0 unspecified atom stereocenters. The number of halogens is 1. The van der Waals surface area contributed by atoms with Gasteiger partial charge in [0, 0.05) is 19.0 Å². The summed E-state index contributed by atoms with van der Waals surface area (Å²) in [6, 6.07) is 6.57. The van der Waals surface area contributed by atoms with E-state index in [4.69, 9.17) is 0 Å². The van der Waals surface area contributed by atoms with Gasteiger partial charge in [-0.3, -0.25) is 4.99 Å². The van der Waals surface area contributed by atoms with Gasteiger partial charge in [-0.25, -0.2) is 9.37 Å². The molecule has 6 heteroatoms. The molecule has 1 aromatic heterocycles. The van der Waals surface area contributed by atoms with Crippen LogP contribution in [0.25, 0.3) is 0 Å². The summed E-state index contributed by atoms with van der Waals surface area (Å²) in [6.07, 6.45) is 0.815. The van der Waals surface area contributed by atoms with Gasteiger partial charge in [-0.05, 0) is 30.0 Å². The molecule has 2 N–H and O–H groups in total. The van der Waals surface area contributed by atoms with Gasteiger partial charge in [0.1, 0.15) is 10.8 Å². The average Bonchev–Trinajstić information content (AvgIpc) is 3.01. The molecule has 2 rings (SSSR count). The summed E-state index contributed by atoms with van der Waals surface area (Å²) in [5.74, 6) is 0.991. The van der Waals surface area contributed by atoms with Gasteiger partial charge in [-0.15, -0.1) is 11.3 Å². The van der Waals surface area contributed by atoms with Crippen molar-refractivity contribution in [2.75, 3.05) is 13.6 Å². The normalized spacial score (nSPS) is 11.8. The van der Waals surface area contributed by atoms with E-state index in [-0.39, 0.29) is 5.82 Å². The molecule has 0 radical (unpaired) electrons. The molecule has 1 aromatic carbocycles. The van der Waals surface area contributed by atoms with Crippen molar-refractivity contribution in [3.63, 3.8) is 0 Å². The number of rotatable bonds is 6. The number of aromatic nitrogens is 1. The molecule has 0 aliphatic heterocycles. The summed E-state index contributed by atoms with van der Waals surface area (Å²) in [5.41, 5.74) is 2.22. The van der Waals surface area contributed by atoms with Gasteiger partial charge in [0.2, 0.25) is 0 Å². The first-order valence-corrected chi connectivity index (χ1v) is 8.59. The van der Waals surface area contributed by atoms with Crippen molar-refractivity contribution in [2.45, 2.75) is 32.7 Å². The lowest BCUT2D eigenvalue weighted by atomic mass is 10.1. The Bertz CT molecular complexity index is 634. The zero-order chi connectivity index (χ0) is 16.7. The van der Waals surface area contributed by atoms with Crippen LogP contribution < -0.4 is 10.6 Å². The molecule has 0 aliphatic rings. The summed E-state index contributed by atoms with van der Waals surface area (Å²) in [4.78, 5) is 8.79. The molecule has 0 aliphatic carbocycles. The second kappa shape index (κ2) is 8.62. The number of nitrogens with one attached hydrogen (secondary N) is 2. The molecule has 4 nitrogen and oxygen atoms in total. The fourth-order valence-corrected chi connectivity index (χ4v) is 2.92. The summed E-state index contributed by atoms with van der Waals surface area (Å²) >= 11 is 1.66. The number of hydrogen-bond acceptors (Lipinski definition) is 3. The number of thiazole rings is 1. The van der Waals surface area contributed by atoms with E-state index >= 15 is 0 Å². The van der Waals surface area contributed by atoms with E-state index in [9.17, 15) is 4.39 Å². The van der Waals surface area contributed by atoms with E-state index in [1.54, 1.807) is 30.5 Å².